The highest BCUT2D eigenvalue weighted by Gasteiger charge is 2.20. The molecule has 1 aromatic rings. The summed E-state index contributed by atoms with van der Waals surface area (Å²) in [6, 6.07) is 1.99. The third-order valence-electron chi connectivity index (χ3n) is 3.80. The van der Waals surface area contributed by atoms with Gasteiger partial charge < -0.3 is 10.3 Å². The van der Waals surface area contributed by atoms with Crippen molar-refractivity contribution in [2.75, 3.05) is 0 Å². The van der Waals surface area contributed by atoms with Crippen LogP contribution >= 0.6 is 0 Å². The second-order valence-electron chi connectivity index (χ2n) is 5.37. The summed E-state index contributed by atoms with van der Waals surface area (Å²) in [6.45, 7) is 3.97. The van der Waals surface area contributed by atoms with E-state index in [1.165, 1.54) is 0 Å². The molecule has 2 rings (SSSR count). The first-order valence-electron chi connectivity index (χ1n) is 7.15. The molecule has 1 aliphatic carbocycles. The summed E-state index contributed by atoms with van der Waals surface area (Å²) in [5, 5.41) is 2.97. The zero-order valence-electron chi connectivity index (χ0n) is 11.7. The van der Waals surface area contributed by atoms with Crippen LogP contribution in [0.5, 0.6) is 0 Å². The molecule has 1 heterocycles. The average Bonchev–Trinajstić information content (AvgIpc) is 2.85. The van der Waals surface area contributed by atoms with Gasteiger partial charge in [0, 0.05) is 11.7 Å². The van der Waals surface area contributed by atoms with E-state index in [0.717, 1.165) is 49.8 Å². The van der Waals surface area contributed by atoms with Crippen LogP contribution in [-0.4, -0.2) is 16.9 Å². The number of carbonyl (C=O) groups is 1. The molecule has 4 nitrogen and oxygen atoms in total. The second kappa shape index (κ2) is 6.04. The van der Waals surface area contributed by atoms with Gasteiger partial charge in [0.05, 0.1) is 0 Å². The molecule has 19 heavy (non-hydrogen) atoms. The molecule has 1 fully saturated rings. The van der Waals surface area contributed by atoms with E-state index in [9.17, 15) is 9.59 Å². The molecular formula is C15H22N2O2. The van der Waals surface area contributed by atoms with Crippen LogP contribution in [0.2, 0.25) is 0 Å². The van der Waals surface area contributed by atoms with Gasteiger partial charge in [-0.3, -0.25) is 9.59 Å². The number of pyridine rings is 1. The quantitative estimate of drug-likeness (QED) is 0.874. The van der Waals surface area contributed by atoms with E-state index < -0.39 is 0 Å². The summed E-state index contributed by atoms with van der Waals surface area (Å²) in [4.78, 5) is 26.8. The zero-order chi connectivity index (χ0) is 13.8. The topological polar surface area (TPSA) is 62.0 Å². The van der Waals surface area contributed by atoms with E-state index in [1.54, 1.807) is 6.07 Å². The maximum atomic E-state index is 12.2. The van der Waals surface area contributed by atoms with Gasteiger partial charge in [0.2, 0.25) is 0 Å². The fourth-order valence-corrected chi connectivity index (χ4v) is 2.70. The van der Waals surface area contributed by atoms with Crippen LogP contribution in [0.1, 0.15) is 60.6 Å². The Bertz CT molecular complexity index is 513. The molecule has 0 spiro atoms. The molecule has 0 bridgehead atoms. The zero-order valence-corrected chi connectivity index (χ0v) is 11.7. The molecule has 0 saturated heterocycles. The maximum Gasteiger partial charge on any atom is 0.261 e. The number of hydrogen-bond acceptors (Lipinski definition) is 2. The van der Waals surface area contributed by atoms with Gasteiger partial charge in [0.15, 0.2) is 0 Å². The fourth-order valence-electron chi connectivity index (χ4n) is 2.70. The number of aromatic amines is 1. The molecule has 4 heteroatoms. The van der Waals surface area contributed by atoms with Gasteiger partial charge in [0.1, 0.15) is 5.56 Å². The molecule has 1 aromatic heterocycles. The van der Waals surface area contributed by atoms with E-state index in [1.807, 2.05) is 6.92 Å². The molecule has 104 valence electrons. The lowest BCUT2D eigenvalue weighted by atomic mass is 10.1. The highest BCUT2D eigenvalue weighted by atomic mass is 16.2. The van der Waals surface area contributed by atoms with E-state index >= 15 is 0 Å². The Hall–Kier alpha value is -1.58. The Kier molecular flexibility index (Phi) is 4.40. The predicted octanol–water partition coefficient (Wildman–Crippen LogP) is 2.31. The summed E-state index contributed by atoms with van der Waals surface area (Å²) >= 11 is 0. The summed E-state index contributed by atoms with van der Waals surface area (Å²) in [5.41, 5.74) is 1.89. The highest BCUT2D eigenvalue weighted by molar-refractivity contribution is 5.94. The van der Waals surface area contributed by atoms with Crippen molar-refractivity contribution < 1.29 is 4.79 Å². The van der Waals surface area contributed by atoms with E-state index in [-0.39, 0.29) is 23.1 Å². The van der Waals surface area contributed by atoms with Gasteiger partial charge in [0.25, 0.3) is 11.5 Å². The molecular weight excluding hydrogens is 240 g/mol. The van der Waals surface area contributed by atoms with Crippen molar-refractivity contribution in [2.45, 2.75) is 58.4 Å². The molecule has 2 N–H and O–H groups in total. The van der Waals surface area contributed by atoms with Crippen LogP contribution in [-0.2, 0) is 6.42 Å². The smallest absolute Gasteiger partial charge is 0.261 e. The van der Waals surface area contributed by atoms with Crippen molar-refractivity contribution in [1.29, 1.82) is 0 Å². The molecule has 0 unspecified atom stereocenters. The molecule has 1 saturated carbocycles. The minimum Gasteiger partial charge on any atom is -0.349 e. The standard InChI is InChI=1S/C15H22N2O2/c1-3-6-11-9-13(14(18)16-10(11)2)15(19)17-12-7-4-5-8-12/h9,12H,3-8H2,1-2H3,(H,16,18)(H,17,19). The molecule has 0 aliphatic heterocycles. The summed E-state index contributed by atoms with van der Waals surface area (Å²) in [6.07, 6.45) is 6.25. The number of hydrogen-bond donors (Lipinski definition) is 2. The number of rotatable bonds is 4. The summed E-state index contributed by atoms with van der Waals surface area (Å²) < 4.78 is 0. The second-order valence-corrected chi connectivity index (χ2v) is 5.37. The van der Waals surface area contributed by atoms with Crippen LogP contribution in [0.15, 0.2) is 10.9 Å². The third-order valence-corrected chi connectivity index (χ3v) is 3.80. The number of carbonyl (C=O) groups excluding carboxylic acids is 1. The number of nitrogens with one attached hydrogen (secondary N) is 2. The van der Waals surface area contributed by atoms with E-state index in [0.29, 0.717) is 0 Å². The number of H-pyrrole nitrogens is 1. The van der Waals surface area contributed by atoms with Crippen molar-refractivity contribution in [2.24, 2.45) is 0 Å². The van der Waals surface area contributed by atoms with Crippen molar-refractivity contribution in [1.82, 2.24) is 10.3 Å². The Morgan fingerprint density at radius 2 is 2.11 bits per heavy atom. The van der Waals surface area contributed by atoms with Crippen LogP contribution in [0.4, 0.5) is 0 Å². The van der Waals surface area contributed by atoms with Gasteiger partial charge in [-0.25, -0.2) is 0 Å². The van der Waals surface area contributed by atoms with Gasteiger partial charge in [-0.1, -0.05) is 26.2 Å². The van der Waals surface area contributed by atoms with Gasteiger partial charge >= 0.3 is 0 Å². The number of amides is 1. The molecule has 0 atom stereocenters. The Morgan fingerprint density at radius 3 is 2.74 bits per heavy atom. The Labute approximate surface area is 113 Å². The lowest BCUT2D eigenvalue weighted by Gasteiger charge is -2.12. The fraction of sp³-hybridized carbons (Fsp3) is 0.600. The van der Waals surface area contributed by atoms with Crippen molar-refractivity contribution in [3.05, 3.63) is 33.2 Å². The molecule has 1 aliphatic rings. The van der Waals surface area contributed by atoms with Crippen LogP contribution in [0.3, 0.4) is 0 Å². The van der Waals surface area contributed by atoms with Crippen molar-refractivity contribution in [3.8, 4) is 0 Å². The maximum absolute atomic E-state index is 12.2. The van der Waals surface area contributed by atoms with Crippen LogP contribution in [0, 0.1) is 6.92 Å². The summed E-state index contributed by atoms with van der Waals surface area (Å²) in [5.74, 6) is -0.231. The van der Waals surface area contributed by atoms with Gasteiger partial charge in [-0.05, 0) is 37.8 Å². The monoisotopic (exact) mass is 262 g/mol. The van der Waals surface area contributed by atoms with Gasteiger partial charge in [-0.15, -0.1) is 0 Å². The minimum atomic E-state index is -0.284. The largest absolute Gasteiger partial charge is 0.349 e. The lowest BCUT2D eigenvalue weighted by molar-refractivity contribution is 0.0936. The number of aromatic nitrogens is 1. The van der Waals surface area contributed by atoms with E-state index in [4.69, 9.17) is 0 Å². The molecule has 1 amide bonds. The Balaban J connectivity index is 2.20. The molecule has 0 aromatic carbocycles. The van der Waals surface area contributed by atoms with Crippen LogP contribution in [0.25, 0.3) is 0 Å². The van der Waals surface area contributed by atoms with Gasteiger partial charge in [-0.2, -0.15) is 0 Å². The number of aryl methyl sites for hydroxylation is 2. The lowest BCUT2D eigenvalue weighted by Crippen LogP contribution is -2.36. The Morgan fingerprint density at radius 1 is 1.42 bits per heavy atom. The first-order valence-corrected chi connectivity index (χ1v) is 7.15. The predicted molar refractivity (Wildman–Crippen MR) is 75.5 cm³/mol. The first kappa shape index (κ1) is 13.8. The van der Waals surface area contributed by atoms with Crippen molar-refractivity contribution in [3.63, 3.8) is 0 Å². The SMILES string of the molecule is CCCc1cc(C(=O)NC2CCCC2)c(=O)[nH]c1C. The third kappa shape index (κ3) is 3.25. The highest BCUT2D eigenvalue weighted by Crippen LogP contribution is 2.18. The van der Waals surface area contributed by atoms with Crippen LogP contribution < -0.4 is 10.9 Å². The van der Waals surface area contributed by atoms with E-state index in [2.05, 4.69) is 17.2 Å². The first-order chi connectivity index (χ1) is 9.11. The molecule has 0 radical (unpaired) electrons. The normalized spacial score (nSPS) is 15.7. The summed E-state index contributed by atoms with van der Waals surface area (Å²) in [7, 11) is 0. The minimum absolute atomic E-state index is 0.231. The average molecular weight is 262 g/mol. The van der Waals surface area contributed by atoms with Crippen molar-refractivity contribution >= 4 is 5.91 Å².